The molecule has 0 saturated carbocycles. The van der Waals surface area contributed by atoms with E-state index in [9.17, 15) is 0 Å². The van der Waals surface area contributed by atoms with Crippen LogP contribution in [0.1, 0.15) is 0 Å². The van der Waals surface area contributed by atoms with E-state index in [0.717, 1.165) is 28.3 Å². The number of ether oxygens (including phenoxy) is 2. The zero-order valence-electron chi connectivity index (χ0n) is 13.2. The van der Waals surface area contributed by atoms with Gasteiger partial charge < -0.3 is 9.47 Å². The highest BCUT2D eigenvalue weighted by Crippen LogP contribution is 2.34. The Balaban J connectivity index is 2.31. The second-order valence-electron chi connectivity index (χ2n) is 4.47. The van der Waals surface area contributed by atoms with Crippen molar-refractivity contribution in [3.8, 4) is 28.8 Å². The van der Waals surface area contributed by atoms with E-state index in [2.05, 4.69) is 10.3 Å². The van der Waals surface area contributed by atoms with Crippen LogP contribution in [0, 0.1) is 11.5 Å². The first-order chi connectivity index (χ1) is 11.2. The van der Waals surface area contributed by atoms with Gasteiger partial charge >= 0.3 is 0 Å². The number of nitrogens with one attached hydrogen (secondary N) is 1. The quantitative estimate of drug-likeness (QED) is 0.400. The van der Waals surface area contributed by atoms with Crippen molar-refractivity contribution in [3.05, 3.63) is 42.5 Å². The van der Waals surface area contributed by atoms with E-state index in [1.54, 1.807) is 14.2 Å². The van der Waals surface area contributed by atoms with Gasteiger partial charge in [0.2, 0.25) is 0 Å². The summed E-state index contributed by atoms with van der Waals surface area (Å²) in [6.07, 6.45) is 3.73. The molecular weight excluding hydrogens is 310 g/mol. The lowest BCUT2D eigenvalue weighted by Gasteiger charge is -2.10. The van der Waals surface area contributed by atoms with Gasteiger partial charge in [0.1, 0.15) is 11.5 Å². The molecule has 0 saturated heterocycles. The Labute approximate surface area is 140 Å². The molecule has 1 N–H and O–H groups in total. The summed E-state index contributed by atoms with van der Waals surface area (Å²) in [7, 11) is 3.26. The largest absolute Gasteiger partial charge is 0.497 e. The Bertz CT molecular complexity index is 736. The van der Waals surface area contributed by atoms with Gasteiger partial charge in [0.15, 0.2) is 11.4 Å². The molecule has 6 heteroatoms. The fraction of sp³-hybridized carbons (Fsp3) is 0.176. The Kier molecular flexibility index (Phi) is 5.89. The van der Waals surface area contributed by atoms with Crippen molar-refractivity contribution in [2.24, 2.45) is 4.99 Å². The van der Waals surface area contributed by atoms with E-state index in [4.69, 9.17) is 14.7 Å². The van der Waals surface area contributed by atoms with Gasteiger partial charge in [-0.15, -0.1) is 0 Å². The minimum absolute atomic E-state index is 0.558. The molecule has 23 heavy (non-hydrogen) atoms. The van der Waals surface area contributed by atoms with Crippen molar-refractivity contribution in [1.82, 2.24) is 5.32 Å². The zero-order valence-corrected chi connectivity index (χ0v) is 14.0. The molecule has 0 fully saturated rings. The highest BCUT2D eigenvalue weighted by Gasteiger charge is 2.07. The fourth-order valence-corrected chi connectivity index (χ4v) is 2.39. The van der Waals surface area contributed by atoms with Crippen molar-refractivity contribution in [2.75, 3.05) is 20.5 Å². The first kappa shape index (κ1) is 16.7. The Hall–Kier alpha value is -2.65. The summed E-state index contributed by atoms with van der Waals surface area (Å²) in [5.41, 5.74) is 2.76. The Morgan fingerprint density at radius 1 is 1.13 bits per heavy atom. The molecule has 0 unspecified atom stereocenters. The topological polar surface area (TPSA) is 66.6 Å². The van der Waals surface area contributed by atoms with Gasteiger partial charge in [-0.25, -0.2) is 4.99 Å². The van der Waals surface area contributed by atoms with E-state index >= 15 is 0 Å². The average Bonchev–Trinajstić information content (AvgIpc) is 2.61. The van der Waals surface area contributed by atoms with Gasteiger partial charge in [-0.3, -0.25) is 5.32 Å². The monoisotopic (exact) mass is 327 g/mol. The number of rotatable bonds is 4. The van der Waals surface area contributed by atoms with Crippen LogP contribution in [0.4, 0.5) is 5.69 Å². The summed E-state index contributed by atoms with van der Waals surface area (Å²) >= 11 is 1.38. The van der Waals surface area contributed by atoms with Crippen molar-refractivity contribution in [1.29, 1.82) is 5.26 Å². The van der Waals surface area contributed by atoms with E-state index in [0.29, 0.717) is 5.17 Å². The van der Waals surface area contributed by atoms with Crippen LogP contribution < -0.4 is 14.8 Å². The number of hydrogen-bond donors (Lipinski definition) is 1. The second-order valence-corrected chi connectivity index (χ2v) is 5.27. The molecule has 0 aliphatic rings. The summed E-state index contributed by atoms with van der Waals surface area (Å²) in [6, 6.07) is 13.4. The number of benzene rings is 2. The molecule has 118 valence electrons. The molecule has 0 radical (unpaired) electrons. The lowest BCUT2D eigenvalue weighted by molar-refractivity contribution is 0.395. The maximum atomic E-state index is 8.66. The van der Waals surface area contributed by atoms with Gasteiger partial charge in [-0.1, -0.05) is 23.9 Å². The number of hydrogen-bond acceptors (Lipinski definition) is 5. The predicted octanol–water partition coefficient (Wildman–Crippen LogP) is 3.79. The summed E-state index contributed by atoms with van der Waals surface area (Å²) in [6.45, 7) is 0. The number of aliphatic imine (C=N–C) groups is 1. The third-order valence-corrected chi connectivity index (χ3v) is 3.75. The van der Waals surface area contributed by atoms with Crippen molar-refractivity contribution in [3.63, 3.8) is 0 Å². The van der Waals surface area contributed by atoms with E-state index in [-0.39, 0.29) is 0 Å². The molecular formula is C17H17N3O2S. The minimum atomic E-state index is 0.558. The minimum Gasteiger partial charge on any atom is -0.497 e. The third kappa shape index (κ3) is 4.18. The number of thioether (sulfide) groups is 1. The standard InChI is InChI=1S/C17H17N3O2S/c1-21-14-8-9-15(16(10-14)22-2)12-4-6-13(7-5-12)20-17(23-3)19-11-18/h4-10H,1-3H3,(H,19,20). The SMILES string of the molecule is COc1ccc(-c2ccc(N=C(NC#N)SC)cc2)c(OC)c1. The lowest BCUT2D eigenvalue weighted by atomic mass is 10.0. The molecule has 2 rings (SSSR count). The molecule has 0 bridgehead atoms. The maximum Gasteiger partial charge on any atom is 0.183 e. The van der Waals surface area contributed by atoms with Crippen molar-refractivity contribution >= 4 is 22.6 Å². The summed E-state index contributed by atoms with van der Waals surface area (Å²) in [4.78, 5) is 4.37. The second kappa shape index (κ2) is 8.11. The van der Waals surface area contributed by atoms with Gasteiger partial charge in [0.05, 0.1) is 19.9 Å². The van der Waals surface area contributed by atoms with Crippen LogP contribution in [0.25, 0.3) is 11.1 Å². The summed E-state index contributed by atoms with van der Waals surface area (Å²) in [5.74, 6) is 1.50. The number of nitriles is 1. The van der Waals surface area contributed by atoms with Crippen LogP contribution in [-0.2, 0) is 0 Å². The number of nitrogens with zero attached hydrogens (tertiary/aromatic N) is 2. The maximum absolute atomic E-state index is 8.66. The van der Waals surface area contributed by atoms with Gasteiger partial charge in [-0.05, 0) is 36.1 Å². The highest BCUT2D eigenvalue weighted by molar-refractivity contribution is 8.13. The van der Waals surface area contributed by atoms with E-state index < -0.39 is 0 Å². The lowest BCUT2D eigenvalue weighted by Crippen LogP contribution is -2.12. The molecule has 0 aromatic heterocycles. The first-order valence-corrected chi connectivity index (χ1v) is 8.04. The van der Waals surface area contributed by atoms with Crippen LogP contribution in [0.5, 0.6) is 11.5 Å². The molecule has 0 spiro atoms. The molecule has 0 heterocycles. The predicted molar refractivity (Wildman–Crippen MR) is 94.3 cm³/mol. The third-order valence-electron chi connectivity index (χ3n) is 3.17. The normalized spacial score (nSPS) is 10.8. The Morgan fingerprint density at radius 2 is 1.87 bits per heavy atom. The first-order valence-electron chi connectivity index (χ1n) is 6.82. The van der Waals surface area contributed by atoms with Crippen LogP contribution >= 0.6 is 11.8 Å². The number of amidine groups is 1. The smallest absolute Gasteiger partial charge is 0.183 e. The van der Waals surface area contributed by atoms with Gasteiger partial charge in [0.25, 0.3) is 0 Å². The van der Waals surface area contributed by atoms with E-state index in [1.165, 1.54) is 11.8 Å². The van der Waals surface area contributed by atoms with Crippen LogP contribution in [0.15, 0.2) is 47.5 Å². The molecule has 0 amide bonds. The molecule has 2 aromatic rings. The van der Waals surface area contributed by atoms with Crippen molar-refractivity contribution < 1.29 is 9.47 Å². The average molecular weight is 327 g/mol. The molecule has 2 aromatic carbocycles. The Morgan fingerprint density at radius 3 is 2.43 bits per heavy atom. The van der Waals surface area contributed by atoms with Crippen LogP contribution in [0.2, 0.25) is 0 Å². The van der Waals surface area contributed by atoms with E-state index in [1.807, 2.05) is 54.9 Å². The van der Waals surface area contributed by atoms with Gasteiger partial charge in [0, 0.05) is 11.6 Å². The van der Waals surface area contributed by atoms with Gasteiger partial charge in [-0.2, -0.15) is 5.26 Å². The molecule has 5 nitrogen and oxygen atoms in total. The highest BCUT2D eigenvalue weighted by atomic mass is 32.2. The molecule has 0 atom stereocenters. The van der Waals surface area contributed by atoms with Crippen LogP contribution in [-0.4, -0.2) is 25.6 Å². The summed E-state index contributed by atoms with van der Waals surface area (Å²) in [5, 5.41) is 11.8. The molecule has 0 aliphatic carbocycles. The summed E-state index contributed by atoms with van der Waals surface area (Å²) < 4.78 is 10.6. The zero-order chi connectivity index (χ0) is 16.7. The number of methoxy groups -OCH3 is 2. The van der Waals surface area contributed by atoms with Crippen LogP contribution in [0.3, 0.4) is 0 Å². The van der Waals surface area contributed by atoms with Crippen molar-refractivity contribution in [2.45, 2.75) is 0 Å². The fourth-order valence-electron chi connectivity index (χ4n) is 2.04. The molecule has 0 aliphatic heterocycles.